The lowest BCUT2D eigenvalue weighted by molar-refractivity contribution is -0.116. The molecule has 0 spiro atoms. The Morgan fingerprint density at radius 3 is 2.70 bits per heavy atom. The second kappa shape index (κ2) is 8.58. The Balaban J connectivity index is 2.00. The first kappa shape index (κ1) is 18.8. The largest absolute Gasteiger partial charge is 0.496 e. The zero-order chi connectivity index (χ0) is 19.2. The molecule has 3 rings (SSSR count). The molecule has 0 saturated carbocycles. The standard InChI is InChI=1S/C23H25NO3/c1-4-5-11-24-23(25)12-16(2)18-13-19-20(17-9-7-6-8-10-17)15-27-22(19)14-21(18)26-3/h6-10,12-15H,4-5,11H2,1-3H3,(H,24,25)/b16-12+. The predicted molar refractivity (Wildman–Crippen MR) is 110 cm³/mol. The lowest BCUT2D eigenvalue weighted by Gasteiger charge is -2.10. The molecule has 3 aromatic rings. The van der Waals surface area contributed by atoms with Gasteiger partial charge in [-0.05, 0) is 30.5 Å². The molecule has 0 unspecified atom stereocenters. The van der Waals surface area contributed by atoms with Crippen LogP contribution >= 0.6 is 0 Å². The van der Waals surface area contributed by atoms with Crippen LogP contribution in [0.5, 0.6) is 5.75 Å². The van der Waals surface area contributed by atoms with E-state index in [2.05, 4.69) is 24.4 Å². The fraction of sp³-hybridized carbons (Fsp3) is 0.261. The summed E-state index contributed by atoms with van der Waals surface area (Å²) in [5, 5.41) is 3.91. The lowest BCUT2D eigenvalue weighted by Crippen LogP contribution is -2.22. The van der Waals surface area contributed by atoms with Crippen LogP contribution < -0.4 is 10.1 Å². The monoisotopic (exact) mass is 363 g/mol. The number of ether oxygens (including phenoxy) is 1. The van der Waals surface area contributed by atoms with Crippen molar-refractivity contribution in [3.05, 3.63) is 60.4 Å². The fourth-order valence-corrected chi connectivity index (χ4v) is 3.09. The van der Waals surface area contributed by atoms with Crippen LogP contribution in [0.15, 0.2) is 59.2 Å². The molecule has 0 saturated heterocycles. The molecular formula is C23H25NO3. The third kappa shape index (κ3) is 4.22. The van der Waals surface area contributed by atoms with Crippen LogP contribution in [0.3, 0.4) is 0 Å². The smallest absolute Gasteiger partial charge is 0.244 e. The van der Waals surface area contributed by atoms with Crippen LogP contribution in [0, 0.1) is 0 Å². The number of carbonyl (C=O) groups excluding carboxylic acids is 1. The van der Waals surface area contributed by atoms with Crippen LogP contribution in [-0.4, -0.2) is 19.6 Å². The van der Waals surface area contributed by atoms with Gasteiger partial charge in [0.15, 0.2) is 0 Å². The molecule has 0 radical (unpaired) electrons. The van der Waals surface area contributed by atoms with Crippen molar-refractivity contribution < 1.29 is 13.9 Å². The summed E-state index contributed by atoms with van der Waals surface area (Å²) in [4.78, 5) is 12.2. The fourth-order valence-electron chi connectivity index (χ4n) is 3.09. The summed E-state index contributed by atoms with van der Waals surface area (Å²) in [6.45, 7) is 4.71. The number of hydrogen-bond acceptors (Lipinski definition) is 3. The van der Waals surface area contributed by atoms with E-state index in [1.165, 1.54) is 0 Å². The Morgan fingerprint density at radius 2 is 2.00 bits per heavy atom. The predicted octanol–water partition coefficient (Wildman–Crippen LogP) is 5.43. The summed E-state index contributed by atoms with van der Waals surface area (Å²) >= 11 is 0. The minimum Gasteiger partial charge on any atom is -0.496 e. The molecular weight excluding hydrogens is 338 g/mol. The van der Waals surface area contributed by atoms with Crippen LogP contribution in [0.25, 0.3) is 27.7 Å². The van der Waals surface area contributed by atoms with Crippen molar-refractivity contribution in [1.82, 2.24) is 5.32 Å². The van der Waals surface area contributed by atoms with Gasteiger partial charge >= 0.3 is 0 Å². The van der Waals surface area contributed by atoms with Crippen LogP contribution in [0.4, 0.5) is 0 Å². The van der Waals surface area contributed by atoms with Crippen molar-refractivity contribution in [2.24, 2.45) is 0 Å². The highest BCUT2D eigenvalue weighted by molar-refractivity contribution is 6.00. The Kier molecular flexibility index (Phi) is 5.97. The van der Waals surface area contributed by atoms with E-state index in [0.29, 0.717) is 12.3 Å². The number of rotatable bonds is 7. The molecule has 0 aliphatic carbocycles. The van der Waals surface area contributed by atoms with Crippen molar-refractivity contribution in [3.63, 3.8) is 0 Å². The van der Waals surface area contributed by atoms with Crippen molar-refractivity contribution >= 4 is 22.4 Å². The van der Waals surface area contributed by atoms with Crippen LogP contribution in [0.2, 0.25) is 0 Å². The van der Waals surface area contributed by atoms with E-state index in [0.717, 1.165) is 46.1 Å². The minimum atomic E-state index is -0.0847. The Bertz CT molecular complexity index is 954. The van der Waals surface area contributed by atoms with Gasteiger partial charge in [-0.2, -0.15) is 0 Å². The Morgan fingerprint density at radius 1 is 1.22 bits per heavy atom. The molecule has 1 N–H and O–H groups in total. The molecule has 1 aromatic heterocycles. The molecule has 1 heterocycles. The zero-order valence-corrected chi connectivity index (χ0v) is 16.0. The highest BCUT2D eigenvalue weighted by Gasteiger charge is 2.14. The molecule has 0 aliphatic rings. The molecule has 140 valence electrons. The second-order valence-corrected chi connectivity index (χ2v) is 6.54. The van der Waals surface area contributed by atoms with Gasteiger partial charge in [-0.1, -0.05) is 43.7 Å². The van der Waals surface area contributed by atoms with Crippen molar-refractivity contribution in [1.29, 1.82) is 0 Å². The highest BCUT2D eigenvalue weighted by Crippen LogP contribution is 2.37. The van der Waals surface area contributed by atoms with Crippen molar-refractivity contribution in [2.45, 2.75) is 26.7 Å². The molecule has 4 nitrogen and oxygen atoms in total. The van der Waals surface area contributed by atoms with Crippen LogP contribution in [-0.2, 0) is 4.79 Å². The van der Waals surface area contributed by atoms with Gasteiger partial charge in [0, 0.05) is 35.2 Å². The van der Waals surface area contributed by atoms with Crippen molar-refractivity contribution in [3.8, 4) is 16.9 Å². The van der Waals surface area contributed by atoms with Gasteiger partial charge in [0.25, 0.3) is 0 Å². The quantitative estimate of drug-likeness (QED) is 0.450. The summed E-state index contributed by atoms with van der Waals surface area (Å²) in [5.41, 5.74) is 4.60. The SMILES string of the molecule is CCCCNC(=O)/C=C(\C)c1cc2c(-c3ccccc3)coc2cc1OC. The summed E-state index contributed by atoms with van der Waals surface area (Å²) in [6, 6.07) is 14.0. The molecule has 0 atom stereocenters. The van der Waals surface area contributed by atoms with Gasteiger partial charge < -0.3 is 14.5 Å². The Labute approximate surface area is 159 Å². The number of methoxy groups -OCH3 is 1. The topological polar surface area (TPSA) is 51.5 Å². The van der Waals surface area contributed by atoms with Gasteiger partial charge in [0.05, 0.1) is 13.4 Å². The first-order valence-corrected chi connectivity index (χ1v) is 9.25. The van der Waals surface area contributed by atoms with Gasteiger partial charge in [-0.15, -0.1) is 0 Å². The molecule has 27 heavy (non-hydrogen) atoms. The lowest BCUT2D eigenvalue weighted by atomic mass is 9.99. The second-order valence-electron chi connectivity index (χ2n) is 6.54. The normalized spacial score (nSPS) is 11.6. The molecule has 4 heteroatoms. The summed E-state index contributed by atoms with van der Waals surface area (Å²) in [7, 11) is 1.63. The number of hydrogen-bond donors (Lipinski definition) is 1. The highest BCUT2D eigenvalue weighted by atomic mass is 16.5. The zero-order valence-electron chi connectivity index (χ0n) is 16.0. The number of carbonyl (C=O) groups is 1. The summed E-state index contributed by atoms with van der Waals surface area (Å²) in [5.74, 6) is 0.602. The summed E-state index contributed by atoms with van der Waals surface area (Å²) < 4.78 is 11.3. The molecule has 0 fully saturated rings. The van der Waals surface area contributed by atoms with Gasteiger partial charge in [0.2, 0.25) is 5.91 Å². The number of unbranched alkanes of at least 4 members (excludes halogenated alkanes) is 1. The summed E-state index contributed by atoms with van der Waals surface area (Å²) in [6.07, 6.45) is 5.42. The molecule has 2 aromatic carbocycles. The van der Waals surface area contributed by atoms with Gasteiger partial charge in [0.1, 0.15) is 11.3 Å². The maximum atomic E-state index is 12.2. The van der Waals surface area contributed by atoms with E-state index in [4.69, 9.17) is 9.15 Å². The van der Waals surface area contributed by atoms with E-state index in [9.17, 15) is 4.79 Å². The molecule has 0 bridgehead atoms. The number of nitrogens with one attached hydrogen (secondary N) is 1. The van der Waals surface area contributed by atoms with E-state index >= 15 is 0 Å². The Hall–Kier alpha value is -3.01. The van der Waals surface area contributed by atoms with Crippen LogP contribution in [0.1, 0.15) is 32.3 Å². The maximum Gasteiger partial charge on any atom is 0.244 e. The van der Waals surface area contributed by atoms with E-state index in [-0.39, 0.29) is 5.91 Å². The van der Waals surface area contributed by atoms with E-state index < -0.39 is 0 Å². The minimum absolute atomic E-state index is 0.0847. The van der Waals surface area contributed by atoms with E-state index in [1.807, 2.05) is 37.3 Å². The average Bonchev–Trinajstić information content (AvgIpc) is 3.10. The molecule has 0 aliphatic heterocycles. The molecule has 1 amide bonds. The van der Waals surface area contributed by atoms with Crippen molar-refractivity contribution in [2.75, 3.05) is 13.7 Å². The number of furan rings is 1. The number of amides is 1. The number of benzene rings is 2. The third-order valence-electron chi connectivity index (χ3n) is 4.58. The third-order valence-corrected chi connectivity index (χ3v) is 4.58. The van der Waals surface area contributed by atoms with Gasteiger partial charge in [-0.3, -0.25) is 4.79 Å². The van der Waals surface area contributed by atoms with Gasteiger partial charge in [-0.25, -0.2) is 0 Å². The maximum absolute atomic E-state index is 12.2. The van der Waals surface area contributed by atoms with E-state index in [1.54, 1.807) is 19.4 Å². The number of allylic oxidation sites excluding steroid dienone is 1. The average molecular weight is 363 g/mol. The first-order valence-electron chi connectivity index (χ1n) is 9.25. The first-order chi connectivity index (χ1) is 13.1. The number of fused-ring (bicyclic) bond motifs is 1.